The van der Waals surface area contributed by atoms with Gasteiger partial charge in [-0.1, -0.05) is 24.6 Å². The second kappa shape index (κ2) is 6.08. The van der Waals surface area contributed by atoms with E-state index in [1.165, 1.54) is 24.9 Å². The number of amides is 1. The highest BCUT2D eigenvalue weighted by Crippen LogP contribution is 2.48. The second-order valence-electron chi connectivity index (χ2n) is 6.82. The van der Waals surface area contributed by atoms with Gasteiger partial charge in [-0.3, -0.25) is 4.79 Å². The minimum Gasteiger partial charge on any atom is -0.370 e. The van der Waals surface area contributed by atoms with Crippen LogP contribution in [0, 0.1) is 17.8 Å². The number of para-hydroxylation sites is 1. The lowest BCUT2D eigenvalue weighted by atomic mass is 9.88. The molecule has 2 bridgehead atoms. The number of likely N-dealkylation sites (N-methyl/N-ethyl adjacent to an activating group) is 1. The van der Waals surface area contributed by atoms with Gasteiger partial charge >= 0.3 is 0 Å². The van der Waals surface area contributed by atoms with Gasteiger partial charge in [0.1, 0.15) is 0 Å². The maximum Gasteiger partial charge on any atom is 0.223 e. The molecule has 4 atom stereocenters. The summed E-state index contributed by atoms with van der Waals surface area (Å²) in [5.41, 5.74) is 1.19. The van der Waals surface area contributed by atoms with Crippen LogP contribution in [0.1, 0.15) is 32.6 Å². The van der Waals surface area contributed by atoms with Crippen molar-refractivity contribution in [2.24, 2.45) is 17.8 Å². The summed E-state index contributed by atoms with van der Waals surface area (Å²) in [5, 5.41) is 3.18. The number of benzene rings is 1. The first-order valence-corrected chi connectivity index (χ1v) is 8.20. The molecule has 0 radical (unpaired) electrons. The summed E-state index contributed by atoms with van der Waals surface area (Å²) >= 11 is 0. The zero-order valence-electron chi connectivity index (χ0n) is 13.1. The lowest BCUT2D eigenvalue weighted by Gasteiger charge is -2.28. The number of carbonyl (C=O) groups excluding carboxylic acids is 1. The quantitative estimate of drug-likeness (QED) is 0.902. The van der Waals surface area contributed by atoms with Crippen molar-refractivity contribution in [3.05, 3.63) is 30.3 Å². The van der Waals surface area contributed by atoms with Crippen molar-refractivity contribution in [3.8, 4) is 0 Å². The zero-order valence-corrected chi connectivity index (χ0v) is 13.1. The molecule has 1 aromatic carbocycles. The highest BCUT2D eigenvalue weighted by atomic mass is 16.1. The minimum absolute atomic E-state index is 0.288. The standard InChI is InChI=1S/C18H26N2O/c1-13(20(2)16-6-4-3-5-7-16)12-19-18(21)17-11-14-8-9-15(17)10-14/h3-7,13-15,17H,8-12H2,1-2H3,(H,19,21)/t13-,14+,15+,17-/m0/s1. The van der Waals surface area contributed by atoms with Crippen LogP contribution in [0.2, 0.25) is 0 Å². The average Bonchev–Trinajstić information content (AvgIpc) is 3.15. The molecular formula is C18H26N2O. The van der Waals surface area contributed by atoms with E-state index in [2.05, 4.69) is 36.3 Å². The molecule has 0 aliphatic heterocycles. The molecule has 3 heteroatoms. The summed E-state index contributed by atoms with van der Waals surface area (Å²) in [6.07, 6.45) is 5.03. The van der Waals surface area contributed by atoms with Gasteiger partial charge in [-0.15, -0.1) is 0 Å². The van der Waals surface area contributed by atoms with E-state index in [-0.39, 0.29) is 11.8 Å². The summed E-state index contributed by atoms with van der Waals surface area (Å²) in [5.74, 6) is 2.07. The first-order chi connectivity index (χ1) is 10.1. The first kappa shape index (κ1) is 14.4. The van der Waals surface area contributed by atoms with E-state index >= 15 is 0 Å². The Kier molecular flexibility index (Phi) is 4.18. The normalized spacial score (nSPS) is 28.4. The Hall–Kier alpha value is -1.51. The molecule has 3 rings (SSSR count). The second-order valence-corrected chi connectivity index (χ2v) is 6.82. The Bertz CT molecular complexity index is 487. The fraction of sp³-hybridized carbons (Fsp3) is 0.611. The van der Waals surface area contributed by atoms with Gasteiger partial charge in [0.25, 0.3) is 0 Å². The highest BCUT2D eigenvalue weighted by molar-refractivity contribution is 5.79. The fourth-order valence-electron chi connectivity index (χ4n) is 4.00. The Morgan fingerprint density at radius 3 is 2.67 bits per heavy atom. The number of anilines is 1. The van der Waals surface area contributed by atoms with Gasteiger partial charge in [-0.2, -0.15) is 0 Å². The van der Waals surface area contributed by atoms with Crippen LogP contribution in [-0.2, 0) is 4.79 Å². The van der Waals surface area contributed by atoms with Crippen LogP contribution in [0.25, 0.3) is 0 Å². The molecule has 0 saturated heterocycles. The average molecular weight is 286 g/mol. The summed E-state index contributed by atoms with van der Waals surface area (Å²) < 4.78 is 0. The maximum atomic E-state index is 12.4. The number of hydrogen-bond acceptors (Lipinski definition) is 2. The topological polar surface area (TPSA) is 32.3 Å². The fourth-order valence-corrected chi connectivity index (χ4v) is 4.00. The van der Waals surface area contributed by atoms with Gasteiger partial charge in [-0.25, -0.2) is 0 Å². The van der Waals surface area contributed by atoms with Gasteiger partial charge in [0.2, 0.25) is 5.91 Å². The van der Waals surface area contributed by atoms with E-state index in [4.69, 9.17) is 0 Å². The van der Waals surface area contributed by atoms with Crippen molar-refractivity contribution in [3.63, 3.8) is 0 Å². The number of carbonyl (C=O) groups is 1. The smallest absolute Gasteiger partial charge is 0.223 e. The summed E-state index contributed by atoms with van der Waals surface area (Å²) in [6, 6.07) is 10.6. The van der Waals surface area contributed by atoms with Crippen molar-refractivity contribution in [1.82, 2.24) is 5.32 Å². The van der Waals surface area contributed by atoms with Crippen LogP contribution in [0.3, 0.4) is 0 Å². The SMILES string of the molecule is C[C@@H](CNC(=O)[C@H]1C[C@@H]2CC[C@@H]1C2)N(C)c1ccccc1. The third-order valence-electron chi connectivity index (χ3n) is 5.47. The van der Waals surface area contributed by atoms with Crippen LogP contribution < -0.4 is 10.2 Å². The van der Waals surface area contributed by atoms with Gasteiger partial charge in [0, 0.05) is 31.2 Å². The number of rotatable bonds is 5. The molecule has 2 fully saturated rings. The number of fused-ring (bicyclic) bond motifs is 2. The van der Waals surface area contributed by atoms with Crippen LogP contribution in [0.4, 0.5) is 5.69 Å². The van der Waals surface area contributed by atoms with Crippen molar-refractivity contribution < 1.29 is 4.79 Å². The van der Waals surface area contributed by atoms with Crippen molar-refractivity contribution in [2.45, 2.75) is 38.6 Å². The predicted molar refractivity (Wildman–Crippen MR) is 86.3 cm³/mol. The molecule has 21 heavy (non-hydrogen) atoms. The number of nitrogens with zero attached hydrogens (tertiary/aromatic N) is 1. The van der Waals surface area contributed by atoms with E-state index < -0.39 is 0 Å². The van der Waals surface area contributed by atoms with Gasteiger partial charge in [0.15, 0.2) is 0 Å². The van der Waals surface area contributed by atoms with E-state index in [1.54, 1.807) is 0 Å². The van der Waals surface area contributed by atoms with Crippen molar-refractivity contribution in [1.29, 1.82) is 0 Å². The largest absolute Gasteiger partial charge is 0.370 e. The predicted octanol–water partition coefficient (Wildman–Crippen LogP) is 3.06. The third-order valence-corrected chi connectivity index (χ3v) is 5.47. The Balaban J connectivity index is 1.49. The van der Waals surface area contributed by atoms with E-state index in [0.717, 1.165) is 18.9 Å². The molecule has 1 amide bonds. The number of nitrogens with one attached hydrogen (secondary N) is 1. The summed E-state index contributed by atoms with van der Waals surface area (Å²) in [4.78, 5) is 14.6. The molecular weight excluding hydrogens is 260 g/mol. The van der Waals surface area contributed by atoms with Crippen molar-refractivity contribution >= 4 is 11.6 Å². The van der Waals surface area contributed by atoms with Crippen LogP contribution in [0.15, 0.2) is 30.3 Å². The minimum atomic E-state index is 0.288. The molecule has 1 aromatic rings. The van der Waals surface area contributed by atoms with Gasteiger partial charge in [0.05, 0.1) is 0 Å². The highest BCUT2D eigenvalue weighted by Gasteiger charge is 2.42. The molecule has 1 N–H and O–H groups in total. The molecule has 2 aliphatic carbocycles. The van der Waals surface area contributed by atoms with E-state index in [9.17, 15) is 4.79 Å². The molecule has 114 valence electrons. The molecule has 2 aliphatic rings. The molecule has 0 unspecified atom stereocenters. The molecule has 0 spiro atoms. The summed E-state index contributed by atoms with van der Waals surface area (Å²) in [6.45, 7) is 2.88. The first-order valence-electron chi connectivity index (χ1n) is 8.20. The Morgan fingerprint density at radius 2 is 2.05 bits per heavy atom. The Labute approximate surface area is 127 Å². The number of hydrogen-bond donors (Lipinski definition) is 1. The Morgan fingerprint density at radius 1 is 1.29 bits per heavy atom. The van der Waals surface area contributed by atoms with Gasteiger partial charge in [-0.05, 0) is 50.2 Å². The molecule has 0 aromatic heterocycles. The third kappa shape index (κ3) is 3.07. The van der Waals surface area contributed by atoms with Crippen LogP contribution >= 0.6 is 0 Å². The zero-order chi connectivity index (χ0) is 14.8. The summed E-state index contributed by atoms with van der Waals surface area (Å²) in [7, 11) is 2.09. The van der Waals surface area contributed by atoms with E-state index in [0.29, 0.717) is 12.0 Å². The maximum absolute atomic E-state index is 12.4. The molecule has 3 nitrogen and oxygen atoms in total. The lowest BCUT2D eigenvalue weighted by Crippen LogP contribution is -2.43. The van der Waals surface area contributed by atoms with Crippen LogP contribution in [-0.4, -0.2) is 25.5 Å². The molecule has 0 heterocycles. The van der Waals surface area contributed by atoms with Crippen molar-refractivity contribution in [2.75, 3.05) is 18.5 Å². The lowest BCUT2D eigenvalue weighted by molar-refractivity contribution is -0.126. The van der Waals surface area contributed by atoms with Gasteiger partial charge < -0.3 is 10.2 Å². The van der Waals surface area contributed by atoms with Crippen LogP contribution in [0.5, 0.6) is 0 Å². The monoisotopic (exact) mass is 286 g/mol. The van der Waals surface area contributed by atoms with E-state index in [1.807, 2.05) is 18.2 Å². The molecule has 2 saturated carbocycles.